The maximum Gasteiger partial charge on any atom is 0.301 e. The van der Waals surface area contributed by atoms with Crippen molar-refractivity contribution in [2.24, 2.45) is 0 Å². The Kier molecular flexibility index (Phi) is 6.25. The van der Waals surface area contributed by atoms with E-state index in [1.807, 2.05) is 13.8 Å². The monoisotopic (exact) mass is 302 g/mol. The van der Waals surface area contributed by atoms with E-state index in [1.54, 1.807) is 24.3 Å². The Hall–Kier alpha value is -1.31. The lowest BCUT2D eigenvalue weighted by Gasteiger charge is -2.18. The Labute approximate surface area is 120 Å². The molecular weight excluding hydrogens is 280 g/mol. The summed E-state index contributed by atoms with van der Waals surface area (Å²) in [6.45, 7) is 4.07. The highest BCUT2D eigenvalue weighted by Gasteiger charge is 2.16. The van der Waals surface area contributed by atoms with Gasteiger partial charge in [-0.1, -0.05) is 0 Å². The number of anilines is 1. The van der Waals surface area contributed by atoms with Gasteiger partial charge in [0.25, 0.3) is 0 Å². The van der Waals surface area contributed by atoms with Crippen molar-refractivity contribution in [1.29, 1.82) is 0 Å². The van der Waals surface area contributed by atoms with E-state index in [4.69, 9.17) is 9.84 Å². The Bertz CT molecular complexity index is 500. The van der Waals surface area contributed by atoms with Crippen LogP contribution in [0.3, 0.4) is 0 Å². The molecule has 0 aliphatic rings. The quantitative estimate of drug-likeness (QED) is 0.761. The van der Waals surface area contributed by atoms with Crippen LogP contribution < -0.4 is 9.46 Å². The van der Waals surface area contributed by atoms with Gasteiger partial charge in [0.05, 0.1) is 11.8 Å². The van der Waals surface area contributed by atoms with Gasteiger partial charge in [0.2, 0.25) is 0 Å². The summed E-state index contributed by atoms with van der Waals surface area (Å²) in [5.74, 6) is 0.691. The third-order valence-electron chi connectivity index (χ3n) is 2.51. The van der Waals surface area contributed by atoms with Crippen LogP contribution in [0.1, 0.15) is 20.3 Å². The first-order chi connectivity index (χ1) is 9.35. The zero-order valence-corrected chi connectivity index (χ0v) is 12.9. The van der Waals surface area contributed by atoms with Gasteiger partial charge in [-0.25, -0.2) is 0 Å². The SMILES string of the molecule is CC(C)Oc1ccc(NS(=O)(=O)N(C)CCCO)cc1. The van der Waals surface area contributed by atoms with Crippen LogP contribution in [0.15, 0.2) is 24.3 Å². The number of hydrogen-bond donors (Lipinski definition) is 2. The van der Waals surface area contributed by atoms with Crippen molar-refractivity contribution in [3.63, 3.8) is 0 Å². The molecule has 0 amide bonds. The Morgan fingerprint density at radius 2 is 1.90 bits per heavy atom. The maximum absolute atomic E-state index is 12.0. The first-order valence-electron chi connectivity index (χ1n) is 6.47. The number of ether oxygens (including phenoxy) is 1. The predicted molar refractivity (Wildman–Crippen MR) is 79.1 cm³/mol. The van der Waals surface area contributed by atoms with Crippen LogP contribution in [0, 0.1) is 0 Å². The third-order valence-corrected chi connectivity index (χ3v) is 4.01. The summed E-state index contributed by atoms with van der Waals surface area (Å²) in [5.41, 5.74) is 0.469. The fraction of sp³-hybridized carbons (Fsp3) is 0.538. The first kappa shape index (κ1) is 16.7. The lowest BCUT2D eigenvalue weighted by molar-refractivity contribution is 0.242. The van der Waals surface area contributed by atoms with E-state index in [0.29, 0.717) is 17.9 Å². The number of benzene rings is 1. The highest BCUT2D eigenvalue weighted by Crippen LogP contribution is 2.18. The fourth-order valence-corrected chi connectivity index (χ4v) is 2.47. The van der Waals surface area contributed by atoms with Crippen molar-refractivity contribution in [3.05, 3.63) is 24.3 Å². The van der Waals surface area contributed by atoms with Gasteiger partial charge < -0.3 is 9.84 Å². The van der Waals surface area contributed by atoms with E-state index in [-0.39, 0.29) is 19.3 Å². The van der Waals surface area contributed by atoms with Crippen molar-refractivity contribution < 1.29 is 18.3 Å². The molecule has 1 aromatic carbocycles. The standard InChI is InChI=1S/C13H22N2O4S/c1-11(2)19-13-7-5-12(6-8-13)14-20(17,18)15(3)9-4-10-16/h5-8,11,14,16H,4,9-10H2,1-3H3. The van der Waals surface area contributed by atoms with Gasteiger partial charge >= 0.3 is 10.2 Å². The van der Waals surface area contributed by atoms with Gasteiger partial charge in [-0.3, -0.25) is 4.72 Å². The topological polar surface area (TPSA) is 78.9 Å². The molecule has 20 heavy (non-hydrogen) atoms. The molecule has 6 nitrogen and oxygen atoms in total. The van der Waals surface area contributed by atoms with Crippen LogP contribution in [-0.4, -0.2) is 44.1 Å². The van der Waals surface area contributed by atoms with Crippen LogP contribution in [0.5, 0.6) is 5.75 Å². The molecule has 0 aliphatic heterocycles. The van der Waals surface area contributed by atoms with E-state index < -0.39 is 10.2 Å². The molecule has 0 atom stereocenters. The van der Waals surface area contributed by atoms with Crippen LogP contribution in [0.2, 0.25) is 0 Å². The summed E-state index contributed by atoms with van der Waals surface area (Å²) >= 11 is 0. The molecule has 1 aromatic rings. The lowest BCUT2D eigenvalue weighted by atomic mass is 10.3. The summed E-state index contributed by atoms with van der Waals surface area (Å²) in [4.78, 5) is 0. The van der Waals surface area contributed by atoms with Gasteiger partial charge in [0, 0.05) is 20.2 Å². The van der Waals surface area contributed by atoms with E-state index >= 15 is 0 Å². The van der Waals surface area contributed by atoms with Crippen molar-refractivity contribution in [2.75, 3.05) is 24.9 Å². The normalized spacial score (nSPS) is 11.9. The molecule has 0 spiro atoms. The minimum atomic E-state index is -3.59. The van der Waals surface area contributed by atoms with E-state index in [0.717, 1.165) is 0 Å². The molecule has 114 valence electrons. The van der Waals surface area contributed by atoms with Gasteiger partial charge in [-0.05, 0) is 44.5 Å². The Balaban J connectivity index is 2.67. The molecular formula is C13H22N2O4S. The molecule has 7 heteroatoms. The van der Waals surface area contributed by atoms with Crippen LogP contribution in [0.4, 0.5) is 5.69 Å². The summed E-state index contributed by atoms with van der Waals surface area (Å²) in [5, 5.41) is 8.72. The molecule has 0 saturated carbocycles. The predicted octanol–water partition coefficient (Wildman–Crippen LogP) is 1.44. The van der Waals surface area contributed by atoms with Gasteiger partial charge in [0.1, 0.15) is 5.75 Å². The third kappa shape index (κ3) is 5.36. The largest absolute Gasteiger partial charge is 0.491 e. The minimum Gasteiger partial charge on any atom is -0.491 e. The molecule has 0 fully saturated rings. The first-order valence-corrected chi connectivity index (χ1v) is 7.91. The second-order valence-corrected chi connectivity index (χ2v) is 6.47. The number of aliphatic hydroxyl groups excluding tert-OH is 1. The molecule has 0 unspecified atom stereocenters. The highest BCUT2D eigenvalue weighted by molar-refractivity contribution is 7.90. The lowest BCUT2D eigenvalue weighted by Crippen LogP contribution is -2.33. The fourth-order valence-electron chi connectivity index (χ4n) is 1.51. The average molecular weight is 302 g/mol. The van der Waals surface area contributed by atoms with Crippen LogP contribution in [-0.2, 0) is 10.2 Å². The number of hydrogen-bond acceptors (Lipinski definition) is 4. The van der Waals surface area contributed by atoms with E-state index in [9.17, 15) is 8.42 Å². The van der Waals surface area contributed by atoms with E-state index in [2.05, 4.69) is 4.72 Å². The molecule has 2 N–H and O–H groups in total. The Morgan fingerprint density at radius 3 is 2.40 bits per heavy atom. The summed E-state index contributed by atoms with van der Waals surface area (Å²) < 4.78 is 33.1. The molecule has 0 aliphatic carbocycles. The smallest absolute Gasteiger partial charge is 0.301 e. The van der Waals surface area contributed by atoms with Gasteiger partial charge in [-0.2, -0.15) is 12.7 Å². The molecule has 0 bridgehead atoms. The van der Waals surface area contributed by atoms with Crippen LogP contribution >= 0.6 is 0 Å². The second-order valence-electron chi connectivity index (χ2n) is 4.70. The summed E-state index contributed by atoms with van der Waals surface area (Å²) in [7, 11) is -2.12. The number of aliphatic hydroxyl groups is 1. The molecule has 0 saturated heterocycles. The van der Waals surface area contributed by atoms with Crippen molar-refractivity contribution in [3.8, 4) is 5.75 Å². The van der Waals surface area contributed by atoms with E-state index in [1.165, 1.54) is 11.4 Å². The van der Waals surface area contributed by atoms with Crippen molar-refractivity contribution in [1.82, 2.24) is 4.31 Å². The number of rotatable bonds is 8. The summed E-state index contributed by atoms with van der Waals surface area (Å²) in [6.07, 6.45) is 0.473. The van der Waals surface area contributed by atoms with Gasteiger partial charge in [0.15, 0.2) is 0 Å². The Morgan fingerprint density at radius 1 is 1.30 bits per heavy atom. The number of nitrogens with one attached hydrogen (secondary N) is 1. The average Bonchev–Trinajstić information content (AvgIpc) is 2.37. The highest BCUT2D eigenvalue weighted by atomic mass is 32.2. The van der Waals surface area contributed by atoms with Crippen molar-refractivity contribution in [2.45, 2.75) is 26.4 Å². The molecule has 1 rings (SSSR count). The second kappa shape index (κ2) is 7.47. The minimum absolute atomic E-state index is 0.0406. The van der Waals surface area contributed by atoms with Gasteiger partial charge in [-0.15, -0.1) is 0 Å². The van der Waals surface area contributed by atoms with Crippen LogP contribution in [0.25, 0.3) is 0 Å². The number of nitrogens with zero attached hydrogens (tertiary/aromatic N) is 1. The zero-order valence-electron chi connectivity index (χ0n) is 12.0. The maximum atomic E-state index is 12.0. The zero-order chi connectivity index (χ0) is 15.2. The molecule has 0 heterocycles. The van der Waals surface area contributed by atoms with Crippen molar-refractivity contribution >= 4 is 15.9 Å². The summed E-state index contributed by atoms with van der Waals surface area (Å²) in [6, 6.07) is 6.72. The molecule has 0 radical (unpaired) electrons. The molecule has 0 aromatic heterocycles.